The van der Waals surface area contributed by atoms with E-state index in [0.717, 1.165) is 38.1 Å². The second kappa shape index (κ2) is 16.1. The predicted molar refractivity (Wildman–Crippen MR) is 114 cm³/mol. The molecule has 0 bridgehead atoms. The van der Waals surface area contributed by atoms with Crippen LogP contribution in [0.2, 0.25) is 0 Å². The molecular weight excluding hydrogens is 338 g/mol. The van der Waals surface area contributed by atoms with Gasteiger partial charge in [-0.05, 0) is 70.0 Å². The van der Waals surface area contributed by atoms with Gasteiger partial charge in [0.25, 0.3) is 0 Å². The molecule has 1 aromatic carbocycles. The number of fused-ring (bicyclic) bond motifs is 1. The molecule has 152 valence electrons. The number of nitrogens with one attached hydrogen (secondary N) is 1. The molecule has 27 heavy (non-hydrogen) atoms. The zero-order valence-electron chi connectivity index (χ0n) is 17.7. The first-order valence-electron chi connectivity index (χ1n) is 9.68. The van der Waals surface area contributed by atoms with Gasteiger partial charge in [-0.15, -0.1) is 0 Å². The number of ether oxygens (including phenoxy) is 2. The van der Waals surface area contributed by atoms with Gasteiger partial charge in [0.05, 0.1) is 6.61 Å². The minimum Gasteiger partial charge on any atom is -0.493 e. The number of hydrogen-bond donors (Lipinski definition) is 1. The van der Waals surface area contributed by atoms with Crippen molar-refractivity contribution in [1.82, 2.24) is 5.32 Å². The van der Waals surface area contributed by atoms with Crippen molar-refractivity contribution in [3.8, 4) is 5.75 Å². The molecule has 4 nitrogen and oxygen atoms in total. The third kappa shape index (κ3) is 11.3. The van der Waals surface area contributed by atoms with Crippen LogP contribution in [0.4, 0.5) is 0 Å². The largest absolute Gasteiger partial charge is 0.493 e. The van der Waals surface area contributed by atoms with Crippen LogP contribution < -0.4 is 10.1 Å². The molecule has 0 saturated heterocycles. The van der Waals surface area contributed by atoms with Gasteiger partial charge in [-0.2, -0.15) is 0 Å². The van der Waals surface area contributed by atoms with Crippen LogP contribution in [0.3, 0.4) is 0 Å². The summed E-state index contributed by atoms with van der Waals surface area (Å²) in [5.41, 5.74) is 4.00. The van der Waals surface area contributed by atoms with Crippen molar-refractivity contribution in [3.05, 3.63) is 53.9 Å². The van der Waals surface area contributed by atoms with Crippen molar-refractivity contribution in [2.24, 2.45) is 0 Å². The van der Waals surface area contributed by atoms with Crippen molar-refractivity contribution in [1.29, 1.82) is 0 Å². The molecule has 1 aromatic rings. The van der Waals surface area contributed by atoms with Gasteiger partial charge in [0, 0.05) is 13.7 Å². The van der Waals surface area contributed by atoms with Gasteiger partial charge in [0.15, 0.2) is 0 Å². The smallest absolute Gasteiger partial charge is 0.122 e. The Bertz CT molecular complexity index is 563. The Morgan fingerprint density at radius 2 is 2.15 bits per heavy atom. The van der Waals surface area contributed by atoms with E-state index in [1.807, 2.05) is 6.20 Å². The number of methoxy groups -OCH3 is 1. The van der Waals surface area contributed by atoms with E-state index < -0.39 is 0 Å². The van der Waals surface area contributed by atoms with E-state index in [1.165, 1.54) is 36.5 Å². The third-order valence-electron chi connectivity index (χ3n) is 4.05. The minimum absolute atomic E-state index is 0.566. The van der Waals surface area contributed by atoms with Crippen molar-refractivity contribution in [3.63, 3.8) is 0 Å². The highest BCUT2D eigenvalue weighted by atomic mass is 16.5. The van der Waals surface area contributed by atoms with E-state index in [1.54, 1.807) is 13.3 Å². The van der Waals surface area contributed by atoms with Gasteiger partial charge >= 0.3 is 0 Å². The molecule has 2 rings (SSSR count). The predicted octanol–water partition coefficient (Wildman–Crippen LogP) is 5.53. The van der Waals surface area contributed by atoms with E-state index in [9.17, 15) is 0 Å². The lowest BCUT2D eigenvalue weighted by Crippen LogP contribution is -2.15. The molecule has 4 heteroatoms. The van der Waals surface area contributed by atoms with E-state index in [-0.39, 0.29) is 0 Å². The normalized spacial score (nSPS) is 15.0. The lowest BCUT2D eigenvalue weighted by Gasteiger charge is -2.26. The molecular formula is C23H37NO3. The molecule has 0 radical (unpaired) electrons. The molecule has 1 N–H and O–H groups in total. The maximum atomic E-state index is 8.81. The second-order valence-electron chi connectivity index (χ2n) is 6.52. The Balaban J connectivity index is 0.000000632. The molecule has 1 aliphatic rings. The molecule has 0 aromatic heterocycles. The zero-order chi connectivity index (χ0) is 20.5. The number of benzene rings is 1. The molecule has 1 aliphatic heterocycles. The Labute approximate surface area is 165 Å². The van der Waals surface area contributed by atoms with Gasteiger partial charge in [0.1, 0.15) is 12.0 Å². The zero-order valence-corrected chi connectivity index (χ0v) is 17.7. The second-order valence-corrected chi connectivity index (χ2v) is 6.52. The Morgan fingerprint density at radius 1 is 1.44 bits per heavy atom. The lowest BCUT2D eigenvalue weighted by molar-refractivity contribution is -0.106. The molecule has 0 spiro atoms. The van der Waals surface area contributed by atoms with Crippen LogP contribution in [-0.2, 0) is 9.53 Å². The summed E-state index contributed by atoms with van der Waals surface area (Å²) in [6.45, 7) is 13.3. The van der Waals surface area contributed by atoms with Crippen molar-refractivity contribution in [2.45, 2.75) is 59.3 Å². The first-order valence-corrected chi connectivity index (χ1v) is 9.68. The Hall–Kier alpha value is -2.07. The summed E-state index contributed by atoms with van der Waals surface area (Å²) >= 11 is 0. The molecule has 1 heterocycles. The summed E-state index contributed by atoms with van der Waals surface area (Å²) in [4.78, 5) is 8.81. The van der Waals surface area contributed by atoms with Gasteiger partial charge in [-0.1, -0.05) is 43.2 Å². The molecule has 1 atom stereocenters. The number of hydrogen-bond acceptors (Lipinski definition) is 4. The van der Waals surface area contributed by atoms with Gasteiger partial charge < -0.3 is 19.6 Å². The van der Waals surface area contributed by atoms with E-state index >= 15 is 0 Å². The van der Waals surface area contributed by atoms with Crippen LogP contribution in [0, 0.1) is 6.92 Å². The number of aryl methyl sites for hydroxylation is 1. The summed E-state index contributed by atoms with van der Waals surface area (Å²) in [6.07, 6.45) is 9.06. The topological polar surface area (TPSA) is 47.6 Å². The number of allylic oxidation sites excluding steroid dienone is 1. The molecule has 0 aliphatic carbocycles. The van der Waals surface area contributed by atoms with Crippen molar-refractivity contribution in [2.75, 3.05) is 20.3 Å². The number of carbonyl (C=O) groups is 1. The average molecular weight is 376 g/mol. The van der Waals surface area contributed by atoms with Crippen molar-refractivity contribution < 1.29 is 14.3 Å². The highest BCUT2D eigenvalue weighted by molar-refractivity contribution is 5.44. The fourth-order valence-corrected chi connectivity index (χ4v) is 2.73. The SMILES string of the molecule is C=CN/C=C(\C)CC1CCOc2ccc(C)cc21.CC=O.CCCCOC. The van der Waals surface area contributed by atoms with Crippen LogP contribution in [0.25, 0.3) is 0 Å². The van der Waals surface area contributed by atoms with Gasteiger partial charge in [-0.3, -0.25) is 0 Å². The maximum Gasteiger partial charge on any atom is 0.122 e. The highest BCUT2D eigenvalue weighted by Gasteiger charge is 2.21. The molecule has 0 amide bonds. The van der Waals surface area contributed by atoms with Gasteiger partial charge in [0.2, 0.25) is 0 Å². The standard InChI is InChI=1S/C16H21NO.C5H12O.C2H4O/c1-4-17-11-13(3)9-14-7-8-18-16-6-5-12(2)10-15(14)16;1-3-4-5-6-2;1-2-3/h4-6,10-11,14,17H,1,7-9H2,2-3H3;3-5H2,1-2H3;2H,1H3/b13-11+;;. The summed E-state index contributed by atoms with van der Waals surface area (Å²) in [7, 11) is 1.73. The molecule has 1 unspecified atom stereocenters. The van der Waals surface area contributed by atoms with Crippen LogP contribution in [0.5, 0.6) is 5.75 Å². The Morgan fingerprint density at radius 3 is 2.70 bits per heavy atom. The van der Waals surface area contributed by atoms with Gasteiger partial charge in [-0.25, -0.2) is 0 Å². The van der Waals surface area contributed by atoms with Crippen LogP contribution >= 0.6 is 0 Å². The Kier molecular flexibility index (Phi) is 14.9. The van der Waals surface area contributed by atoms with E-state index in [0.29, 0.717) is 5.92 Å². The molecule has 0 saturated carbocycles. The fraction of sp³-hybridized carbons (Fsp3) is 0.522. The molecule has 0 fully saturated rings. The van der Waals surface area contributed by atoms with Crippen molar-refractivity contribution >= 4 is 6.29 Å². The number of unbranched alkanes of at least 4 members (excludes halogenated alkanes) is 1. The van der Waals surface area contributed by atoms with Crippen LogP contribution in [0.1, 0.15) is 63.5 Å². The summed E-state index contributed by atoms with van der Waals surface area (Å²) < 4.78 is 10.5. The van der Waals surface area contributed by atoms with E-state index in [4.69, 9.17) is 14.3 Å². The highest BCUT2D eigenvalue weighted by Crippen LogP contribution is 2.37. The summed E-state index contributed by atoms with van der Waals surface area (Å²) in [5, 5.41) is 3.04. The van der Waals surface area contributed by atoms with Crippen LogP contribution in [0.15, 0.2) is 42.8 Å². The fourth-order valence-electron chi connectivity index (χ4n) is 2.73. The lowest BCUT2D eigenvalue weighted by atomic mass is 9.87. The minimum atomic E-state index is 0.566. The quantitative estimate of drug-likeness (QED) is 0.503. The number of aldehydes is 1. The number of rotatable bonds is 7. The summed E-state index contributed by atoms with van der Waals surface area (Å²) in [5.74, 6) is 1.62. The first kappa shape index (κ1) is 24.9. The first-order chi connectivity index (χ1) is 13.0. The summed E-state index contributed by atoms with van der Waals surface area (Å²) in [6, 6.07) is 6.47. The average Bonchev–Trinajstić information content (AvgIpc) is 2.66. The monoisotopic (exact) mass is 375 g/mol. The van der Waals surface area contributed by atoms with Crippen LogP contribution in [-0.4, -0.2) is 26.6 Å². The maximum absolute atomic E-state index is 8.81. The number of carbonyl (C=O) groups excluding carboxylic acids is 1. The third-order valence-corrected chi connectivity index (χ3v) is 4.05. The van der Waals surface area contributed by atoms with E-state index in [2.05, 4.69) is 50.9 Å².